The molecule has 0 spiro atoms. The van der Waals surface area contributed by atoms with Gasteiger partial charge in [-0.3, -0.25) is 0 Å². The van der Waals surface area contributed by atoms with Gasteiger partial charge in [0.25, 0.3) is 0 Å². The van der Waals surface area contributed by atoms with Crippen molar-refractivity contribution in [3.05, 3.63) is 35.4 Å². The van der Waals surface area contributed by atoms with Gasteiger partial charge in [-0.25, -0.2) is 0 Å². The van der Waals surface area contributed by atoms with Crippen LogP contribution in [0.2, 0.25) is 0 Å². The number of rotatable bonds is 4. The number of hydrogen-bond donors (Lipinski definition) is 0. The van der Waals surface area contributed by atoms with E-state index in [9.17, 15) is 13.2 Å². The highest BCUT2D eigenvalue weighted by Gasteiger charge is 2.47. The molecule has 0 aromatic heterocycles. The van der Waals surface area contributed by atoms with E-state index in [1.807, 2.05) is 6.07 Å². The van der Waals surface area contributed by atoms with E-state index in [4.69, 9.17) is 14.7 Å². The molecule has 7 heteroatoms. The monoisotopic (exact) mass is 303 g/mol. The Labute approximate surface area is 118 Å². The third kappa shape index (κ3) is 3.45. The van der Waals surface area contributed by atoms with Crippen molar-refractivity contribution in [3.63, 3.8) is 0 Å². The molecule has 3 nitrogen and oxygen atoms in total. The van der Waals surface area contributed by atoms with Gasteiger partial charge in [0.15, 0.2) is 6.29 Å². The molecule has 1 saturated heterocycles. The molecular formula is C13H12F3NO2S. The molecule has 20 heavy (non-hydrogen) atoms. The molecule has 0 N–H and O–H groups in total. The van der Waals surface area contributed by atoms with Crippen molar-refractivity contribution in [1.82, 2.24) is 0 Å². The first-order chi connectivity index (χ1) is 9.35. The number of benzene rings is 1. The van der Waals surface area contributed by atoms with Crippen LogP contribution in [0.4, 0.5) is 13.2 Å². The van der Waals surface area contributed by atoms with Gasteiger partial charge in [-0.2, -0.15) is 18.4 Å². The first-order valence-corrected chi connectivity index (χ1v) is 7.01. The van der Waals surface area contributed by atoms with E-state index in [2.05, 4.69) is 0 Å². The van der Waals surface area contributed by atoms with Crippen molar-refractivity contribution in [2.24, 2.45) is 0 Å². The topological polar surface area (TPSA) is 42.2 Å². The van der Waals surface area contributed by atoms with Crippen molar-refractivity contribution in [3.8, 4) is 6.07 Å². The minimum Gasteiger partial charge on any atom is -0.316 e. The van der Waals surface area contributed by atoms with E-state index in [-0.39, 0.29) is 5.75 Å². The Kier molecular flexibility index (Phi) is 4.28. The standard InChI is InChI=1S/C13H12F3NO2S/c1-9-18-12(19-9,7-20-8-13(14,15)16)11-4-2-10(6-17)3-5-11/h2-5,9H,7-8H2,1H3. The summed E-state index contributed by atoms with van der Waals surface area (Å²) >= 11 is 0.710. The first-order valence-electron chi connectivity index (χ1n) is 5.85. The number of ether oxygens (including phenoxy) is 2. The molecule has 0 radical (unpaired) electrons. The molecule has 1 fully saturated rings. The smallest absolute Gasteiger partial charge is 0.316 e. The maximum atomic E-state index is 12.2. The number of nitrogens with zero attached hydrogens (tertiary/aromatic N) is 1. The lowest BCUT2D eigenvalue weighted by molar-refractivity contribution is -0.445. The number of thioether (sulfide) groups is 1. The van der Waals surface area contributed by atoms with Crippen molar-refractivity contribution >= 4 is 11.8 Å². The van der Waals surface area contributed by atoms with E-state index in [0.717, 1.165) is 0 Å². The molecule has 0 bridgehead atoms. The zero-order chi connectivity index (χ0) is 14.8. The molecule has 0 unspecified atom stereocenters. The zero-order valence-electron chi connectivity index (χ0n) is 10.6. The molecule has 1 aliphatic heterocycles. The van der Waals surface area contributed by atoms with Gasteiger partial charge >= 0.3 is 6.18 Å². The normalized spacial score (nSPS) is 25.9. The summed E-state index contributed by atoms with van der Waals surface area (Å²) in [5.41, 5.74) is 1.09. The van der Waals surface area contributed by atoms with Gasteiger partial charge < -0.3 is 9.47 Å². The average molecular weight is 303 g/mol. The third-order valence-electron chi connectivity index (χ3n) is 2.72. The Morgan fingerprint density at radius 3 is 2.35 bits per heavy atom. The number of halogens is 3. The Balaban J connectivity index is 2.07. The maximum Gasteiger partial charge on any atom is 0.397 e. The summed E-state index contributed by atoms with van der Waals surface area (Å²) in [6, 6.07) is 8.42. The van der Waals surface area contributed by atoms with Gasteiger partial charge in [0.1, 0.15) is 0 Å². The highest BCUT2D eigenvalue weighted by atomic mass is 32.2. The molecule has 0 amide bonds. The quantitative estimate of drug-likeness (QED) is 0.855. The molecule has 0 aliphatic carbocycles. The van der Waals surface area contributed by atoms with Gasteiger partial charge in [0.05, 0.1) is 23.1 Å². The third-order valence-corrected chi connectivity index (χ3v) is 3.84. The predicted molar refractivity (Wildman–Crippen MR) is 67.8 cm³/mol. The van der Waals surface area contributed by atoms with Crippen LogP contribution in [0.3, 0.4) is 0 Å². The van der Waals surface area contributed by atoms with E-state index >= 15 is 0 Å². The van der Waals surface area contributed by atoms with E-state index in [0.29, 0.717) is 22.9 Å². The average Bonchev–Trinajstić information content (AvgIpc) is 2.35. The molecular weight excluding hydrogens is 291 g/mol. The van der Waals surface area contributed by atoms with Crippen LogP contribution in [0.1, 0.15) is 18.1 Å². The summed E-state index contributed by atoms with van der Waals surface area (Å²) < 4.78 is 47.6. The predicted octanol–water partition coefficient (Wildman–Crippen LogP) is 3.40. The fourth-order valence-electron chi connectivity index (χ4n) is 1.93. The van der Waals surface area contributed by atoms with Crippen molar-refractivity contribution in [2.45, 2.75) is 25.2 Å². The van der Waals surface area contributed by atoms with Crippen LogP contribution in [-0.4, -0.2) is 24.0 Å². The van der Waals surface area contributed by atoms with Crippen LogP contribution in [0.15, 0.2) is 24.3 Å². The van der Waals surface area contributed by atoms with Crippen molar-refractivity contribution in [2.75, 3.05) is 11.5 Å². The molecule has 1 aliphatic rings. The maximum absolute atomic E-state index is 12.2. The van der Waals surface area contributed by atoms with Gasteiger partial charge in [0.2, 0.25) is 5.79 Å². The lowest BCUT2D eigenvalue weighted by Crippen LogP contribution is -2.51. The van der Waals surface area contributed by atoms with Crippen LogP contribution in [0.5, 0.6) is 0 Å². The first kappa shape index (κ1) is 15.2. The minimum atomic E-state index is -4.22. The molecule has 0 saturated carbocycles. The number of nitriles is 1. The Bertz CT molecular complexity index is 504. The Morgan fingerprint density at radius 1 is 1.30 bits per heavy atom. The van der Waals surface area contributed by atoms with E-state index in [1.54, 1.807) is 31.2 Å². The summed E-state index contributed by atoms with van der Waals surface area (Å²) in [4.78, 5) is 0. The Hall–Kier alpha value is -1.23. The highest BCUT2D eigenvalue weighted by Crippen LogP contribution is 2.42. The van der Waals surface area contributed by atoms with Crippen LogP contribution < -0.4 is 0 Å². The minimum absolute atomic E-state index is 0.0444. The summed E-state index contributed by atoms with van der Waals surface area (Å²) in [7, 11) is 0. The van der Waals surface area contributed by atoms with Gasteiger partial charge in [-0.1, -0.05) is 12.1 Å². The van der Waals surface area contributed by atoms with Gasteiger partial charge in [0, 0.05) is 5.56 Å². The number of hydrogen-bond acceptors (Lipinski definition) is 4. The lowest BCUT2D eigenvalue weighted by Gasteiger charge is -2.46. The van der Waals surface area contributed by atoms with Gasteiger partial charge in [-0.15, -0.1) is 11.8 Å². The largest absolute Gasteiger partial charge is 0.397 e. The van der Waals surface area contributed by atoms with Crippen LogP contribution >= 0.6 is 11.8 Å². The Morgan fingerprint density at radius 2 is 1.90 bits per heavy atom. The zero-order valence-corrected chi connectivity index (χ0v) is 11.4. The highest BCUT2D eigenvalue weighted by molar-refractivity contribution is 7.99. The molecule has 1 aromatic carbocycles. The van der Waals surface area contributed by atoms with Crippen molar-refractivity contribution < 1.29 is 22.6 Å². The second kappa shape index (κ2) is 5.64. The fourth-order valence-corrected chi connectivity index (χ4v) is 2.84. The second-order valence-corrected chi connectivity index (χ2v) is 5.34. The summed E-state index contributed by atoms with van der Waals surface area (Å²) in [5.74, 6) is -2.06. The van der Waals surface area contributed by atoms with Crippen LogP contribution in [-0.2, 0) is 15.3 Å². The fraction of sp³-hybridized carbons (Fsp3) is 0.462. The molecule has 1 aromatic rings. The number of alkyl halides is 3. The summed E-state index contributed by atoms with van der Waals surface area (Å²) in [6.07, 6.45) is -4.66. The second-order valence-electron chi connectivity index (χ2n) is 4.35. The van der Waals surface area contributed by atoms with Crippen LogP contribution in [0.25, 0.3) is 0 Å². The summed E-state index contributed by atoms with van der Waals surface area (Å²) in [5, 5.41) is 8.73. The molecule has 1 heterocycles. The van der Waals surface area contributed by atoms with Gasteiger partial charge in [-0.05, 0) is 19.1 Å². The molecule has 2 rings (SSSR count). The van der Waals surface area contributed by atoms with E-state index in [1.165, 1.54) is 0 Å². The SMILES string of the molecule is CC1OC(CSCC(F)(F)F)(c2ccc(C#N)cc2)O1. The molecule has 108 valence electrons. The van der Waals surface area contributed by atoms with Crippen molar-refractivity contribution in [1.29, 1.82) is 5.26 Å². The van der Waals surface area contributed by atoms with Crippen LogP contribution in [0, 0.1) is 11.3 Å². The van der Waals surface area contributed by atoms with E-state index < -0.39 is 24.0 Å². The lowest BCUT2D eigenvalue weighted by atomic mass is 10.0. The molecule has 0 atom stereocenters. The summed E-state index contributed by atoms with van der Waals surface area (Å²) in [6.45, 7) is 1.68.